The van der Waals surface area contributed by atoms with Crippen molar-refractivity contribution in [2.24, 2.45) is 5.92 Å². The third-order valence-corrected chi connectivity index (χ3v) is 8.51. The first-order chi connectivity index (χ1) is 17.2. The number of unbranched alkanes of at least 4 members (excludes halogenated alkanes) is 4. The van der Waals surface area contributed by atoms with Crippen LogP contribution in [0.15, 0.2) is 47.4 Å². The molecule has 2 aromatic carbocycles. The highest BCUT2D eigenvalue weighted by molar-refractivity contribution is 7.89. The molecule has 2 amide bonds. The van der Waals surface area contributed by atoms with Gasteiger partial charge in [-0.2, -0.15) is 4.72 Å². The second-order valence-electron chi connectivity index (χ2n) is 10.2. The molecular weight excluding hydrogens is 474 g/mol. The molecule has 0 radical (unpaired) electrons. The molecule has 1 heterocycles. The van der Waals surface area contributed by atoms with E-state index in [0.29, 0.717) is 31.4 Å². The van der Waals surface area contributed by atoms with Crippen molar-refractivity contribution in [3.05, 3.63) is 42.5 Å². The fourth-order valence-corrected chi connectivity index (χ4v) is 6.45. The lowest BCUT2D eigenvalue weighted by Gasteiger charge is -2.41. The average molecular weight is 516 g/mol. The third kappa shape index (κ3) is 6.85. The van der Waals surface area contributed by atoms with Crippen molar-refractivity contribution in [2.75, 3.05) is 19.6 Å². The highest BCUT2D eigenvalue weighted by atomic mass is 32.2. The molecule has 1 aliphatic heterocycles. The Morgan fingerprint density at radius 2 is 1.69 bits per heavy atom. The van der Waals surface area contributed by atoms with Gasteiger partial charge in [0.25, 0.3) is 0 Å². The number of hydrogen-bond donors (Lipinski definition) is 1. The van der Waals surface area contributed by atoms with Crippen LogP contribution in [0.25, 0.3) is 10.8 Å². The Balaban J connectivity index is 1.66. The van der Waals surface area contributed by atoms with Crippen molar-refractivity contribution >= 4 is 32.6 Å². The molecule has 0 bridgehead atoms. The van der Waals surface area contributed by atoms with E-state index >= 15 is 0 Å². The van der Waals surface area contributed by atoms with Crippen molar-refractivity contribution in [1.29, 1.82) is 0 Å². The van der Waals surface area contributed by atoms with Gasteiger partial charge >= 0.3 is 0 Å². The van der Waals surface area contributed by atoms with E-state index in [1.807, 2.05) is 43.9 Å². The van der Waals surface area contributed by atoms with Crippen LogP contribution in [-0.2, 0) is 19.6 Å². The molecule has 0 aliphatic carbocycles. The first-order valence-corrected chi connectivity index (χ1v) is 14.7. The molecule has 36 heavy (non-hydrogen) atoms. The Morgan fingerprint density at radius 1 is 1.00 bits per heavy atom. The number of fused-ring (bicyclic) bond motifs is 1. The third-order valence-electron chi connectivity index (χ3n) is 7.01. The summed E-state index contributed by atoms with van der Waals surface area (Å²) in [7, 11) is -3.93. The second kappa shape index (κ2) is 12.7. The minimum Gasteiger partial charge on any atom is -0.337 e. The van der Waals surface area contributed by atoms with E-state index in [9.17, 15) is 18.0 Å². The first-order valence-electron chi connectivity index (χ1n) is 13.2. The molecule has 3 rings (SSSR count). The highest BCUT2D eigenvalue weighted by Crippen LogP contribution is 2.24. The van der Waals surface area contributed by atoms with Crippen LogP contribution >= 0.6 is 0 Å². The molecule has 7 nitrogen and oxygen atoms in total. The fourth-order valence-electron chi connectivity index (χ4n) is 4.88. The number of benzene rings is 2. The fraction of sp³-hybridized carbons (Fsp3) is 0.571. The average Bonchev–Trinajstić information content (AvgIpc) is 2.86. The normalized spacial score (nSPS) is 17.5. The summed E-state index contributed by atoms with van der Waals surface area (Å²) in [5.74, 6) is -0.337. The van der Waals surface area contributed by atoms with Gasteiger partial charge in [0.15, 0.2) is 0 Å². The Kier molecular flexibility index (Phi) is 9.91. The molecule has 198 valence electrons. The van der Waals surface area contributed by atoms with E-state index in [0.717, 1.165) is 24.6 Å². The van der Waals surface area contributed by atoms with Crippen molar-refractivity contribution in [3.8, 4) is 0 Å². The van der Waals surface area contributed by atoms with Gasteiger partial charge in [-0.15, -0.1) is 0 Å². The maximum absolute atomic E-state index is 13.5. The summed E-state index contributed by atoms with van der Waals surface area (Å²) in [5.41, 5.74) is 0. The minimum atomic E-state index is -3.93. The van der Waals surface area contributed by atoms with Gasteiger partial charge in [-0.3, -0.25) is 9.59 Å². The Morgan fingerprint density at radius 3 is 2.39 bits per heavy atom. The molecule has 0 saturated carbocycles. The molecular formula is C28H41N3O4S. The zero-order chi connectivity index (χ0) is 26.3. The van der Waals surface area contributed by atoms with Crippen molar-refractivity contribution in [3.63, 3.8) is 0 Å². The van der Waals surface area contributed by atoms with Gasteiger partial charge in [0.1, 0.15) is 6.04 Å². The van der Waals surface area contributed by atoms with Crippen molar-refractivity contribution in [1.82, 2.24) is 14.5 Å². The highest BCUT2D eigenvalue weighted by Gasteiger charge is 2.36. The van der Waals surface area contributed by atoms with E-state index < -0.39 is 16.1 Å². The van der Waals surface area contributed by atoms with Gasteiger partial charge in [0.05, 0.1) is 4.90 Å². The first kappa shape index (κ1) is 28.1. The number of piperazine rings is 1. The van der Waals surface area contributed by atoms with Crippen LogP contribution in [0.5, 0.6) is 0 Å². The number of carbonyl (C=O) groups excluding carboxylic acids is 2. The number of amides is 2. The van der Waals surface area contributed by atoms with E-state index in [4.69, 9.17) is 0 Å². The Bertz CT molecular complexity index is 1140. The van der Waals surface area contributed by atoms with E-state index in [1.165, 1.54) is 12.8 Å². The molecule has 0 aromatic heterocycles. The van der Waals surface area contributed by atoms with E-state index in [-0.39, 0.29) is 28.7 Å². The number of sulfonamides is 1. The monoisotopic (exact) mass is 515 g/mol. The van der Waals surface area contributed by atoms with Gasteiger partial charge in [0, 0.05) is 37.5 Å². The smallest absolute Gasteiger partial charge is 0.241 e. The largest absolute Gasteiger partial charge is 0.337 e. The molecule has 2 unspecified atom stereocenters. The van der Waals surface area contributed by atoms with Crippen LogP contribution in [0.1, 0.15) is 66.2 Å². The van der Waals surface area contributed by atoms with Crippen LogP contribution in [0.3, 0.4) is 0 Å². The predicted octanol–water partition coefficient (Wildman–Crippen LogP) is 4.56. The summed E-state index contributed by atoms with van der Waals surface area (Å²) in [4.78, 5) is 30.0. The zero-order valence-corrected chi connectivity index (χ0v) is 22.9. The summed E-state index contributed by atoms with van der Waals surface area (Å²) >= 11 is 0. The molecule has 1 saturated heterocycles. The number of rotatable bonds is 11. The standard InChI is InChI=1S/C28H41N3O4S/c1-5-6-7-8-9-17-26(32)31-19-18-30(20-22(31)4)28(33)27(21(2)3)29-36(34,35)25-16-12-14-23-13-10-11-15-24(23)25/h10-16,21-22,27,29H,5-9,17-20H2,1-4H3. The lowest BCUT2D eigenvalue weighted by atomic mass is 10.0. The van der Waals surface area contributed by atoms with Crippen LogP contribution in [0.4, 0.5) is 0 Å². The molecule has 0 spiro atoms. The van der Waals surface area contributed by atoms with Gasteiger partial charge in [-0.25, -0.2) is 8.42 Å². The predicted molar refractivity (Wildman–Crippen MR) is 144 cm³/mol. The number of hydrogen-bond acceptors (Lipinski definition) is 4. The maximum Gasteiger partial charge on any atom is 0.241 e. The van der Waals surface area contributed by atoms with E-state index in [1.54, 1.807) is 29.2 Å². The lowest BCUT2D eigenvalue weighted by molar-refractivity contribution is -0.144. The van der Waals surface area contributed by atoms with Crippen LogP contribution in [0.2, 0.25) is 0 Å². The molecule has 1 aliphatic rings. The minimum absolute atomic E-state index is 0.103. The Hall–Kier alpha value is -2.45. The van der Waals surface area contributed by atoms with Crippen molar-refractivity contribution < 1.29 is 18.0 Å². The summed E-state index contributed by atoms with van der Waals surface area (Å²) in [6.07, 6.45) is 6.05. The summed E-state index contributed by atoms with van der Waals surface area (Å²) in [6, 6.07) is 11.5. The van der Waals surface area contributed by atoms with Crippen molar-refractivity contribution in [2.45, 2.75) is 83.2 Å². The molecule has 2 aromatic rings. The molecule has 1 N–H and O–H groups in total. The quantitative estimate of drug-likeness (QED) is 0.445. The van der Waals surface area contributed by atoms with Crippen LogP contribution < -0.4 is 4.72 Å². The summed E-state index contributed by atoms with van der Waals surface area (Å²) in [6.45, 7) is 9.10. The number of nitrogens with zero attached hydrogens (tertiary/aromatic N) is 2. The lowest BCUT2D eigenvalue weighted by Crippen LogP contribution is -2.59. The SMILES string of the molecule is CCCCCCCC(=O)N1CCN(C(=O)C(NS(=O)(=O)c2cccc3ccccc23)C(C)C)CC1C. The van der Waals surface area contributed by atoms with Crippen LogP contribution in [0, 0.1) is 5.92 Å². The summed E-state index contributed by atoms with van der Waals surface area (Å²) < 4.78 is 29.5. The summed E-state index contributed by atoms with van der Waals surface area (Å²) in [5, 5.41) is 1.45. The van der Waals surface area contributed by atoms with E-state index in [2.05, 4.69) is 11.6 Å². The number of nitrogens with one attached hydrogen (secondary N) is 1. The molecule has 8 heteroatoms. The maximum atomic E-state index is 13.5. The number of carbonyl (C=O) groups is 2. The molecule has 1 fully saturated rings. The van der Waals surface area contributed by atoms with Gasteiger partial charge in [0.2, 0.25) is 21.8 Å². The van der Waals surface area contributed by atoms with Crippen LogP contribution in [-0.4, -0.2) is 61.7 Å². The topological polar surface area (TPSA) is 86.8 Å². The van der Waals surface area contributed by atoms with Gasteiger partial charge in [-0.05, 0) is 30.7 Å². The Labute approximate surface area is 216 Å². The zero-order valence-electron chi connectivity index (χ0n) is 22.1. The molecule has 2 atom stereocenters. The second-order valence-corrected chi connectivity index (χ2v) is 11.9. The van der Waals surface area contributed by atoms with Gasteiger partial charge < -0.3 is 9.80 Å². The van der Waals surface area contributed by atoms with Gasteiger partial charge in [-0.1, -0.05) is 82.9 Å².